The molecule has 6 heteroatoms. The summed E-state index contributed by atoms with van der Waals surface area (Å²) in [6.45, 7) is 2.11. The molecule has 5 atom stereocenters. The van der Waals surface area contributed by atoms with Crippen LogP contribution in [0.25, 0.3) is 0 Å². The van der Waals surface area contributed by atoms with Crippen LogP contribution in [-0.2, 0) is 11.8 Å². The predicted molar refractivity (Wildman–Crippen MR) is 146 cm³/mol. The minimum Gasteiger partial charge on any atom is -0.490 e. The lowest BCUT2D eigenvalue weighted by atomic mass is 9.66. The standard InChI is InChI=1S/C31H36ClNO4/c32-24-10-12-26-21(15-24)7-4-14-31(26)18-33(27-16-22(30(35)36)9-13-28(27)37-19-31)17-23-8-11-25(23)29(34)20-5-2-1-3-6-20/h2,5,9-10,12-13,15-16,20,23,25,29,34H,1,3-4,6-8,11,14,17-19H2,(H,35,36)/t20-,23-,25+,29+,31?/m0/s1. The van der Waals surface area contributed by atoms with Gasteiger partial charge in [-0.05, 0) is 105 Å². The second-order valence-corrected chi connectivity index (χ2v) is 12.0. The highest BCUT2D eigenvalue weighted by Crippen LogP contribution is 2.47. The molecular weight excluding hydrogens is 486 g/mol. The van der Waals surface area contributed by atoms with Crippen LogP contribution in [0.2, 0.25) is 5.02 Å². The summed E-state index contributed by atoms with van der Waals surface area (Å²) in [6.07, 6.45) is 12.7. The van der Waals surface area contributed by atoms with E-state index in [2.05, 4.69) is 29.2 Å². The summed E-state index contributed by atoms with van der Waals surface area (Å²) in [6, 6.07) is 11.5. The van der Waals surface area contributed by atoms with Gasteiger partial charge in [0.15, 0.2) is 0 Å². The van der Waals surface area contributed by atoms with Crippen molar-refractivity contribution in [3.05, 3.63) is 70.3 Å². The molecule has 37 heavy (non-hydrogen) atoms. The molecular formula is C31H36ClNO4. The Morgan fingerprint density at radius 1 is 1.16 bits per heavy atom. The maximum atomic E-state index is 11.9. The molecule has 1 saturated carbocycles. The van der Waals surface area contributed by atoms with Crippen molar-refractivity contribution in [1.82, 2.24) is 0 Å². The van der Waals surface area contributed by atoms with Gasteiger partial charge in [0.1, 0.15) is 5.75 Å². The number of nitrogens with zero attached hydrogens (tertiary/aromatic N) is 1. The van der Waals surface area contributed by atoms with Crippen LogP contribution >= 0.6 is 11.6 Å². The molecule has 2 N–H and O–H groups in total. The number of carbonyl (C=O) groups is 1. The zero-order valence-corrected chi connectivity index (χ0v) is 22.0. The van der Waals surface area contributed by atoms with Gasteiger partial charge in [0, 0.05) is 29.4 Å². The average Bonchev–Trinajstić information content (AvgIpc) is 3.04. The highest BCUT2D eigenvalue weighted by atomic mass is 35.5. The molecule has 1 spiro atoms. The quantitative estimate of drug-likeness (QED) is 0.455. The molecule has 1 aliphatic heterocycles. The SMILES string of the molecule is O=C(O)c1ccc2c(c1)N(C[C@@H]1CC[C@H]1[C@H](O)[C@H]1C=CCCC1)CC1(CCCc3cc(Cl)ccc31)CO2. The zero-order valence-electron chi connectivity index (χ0n) is 21.2. The van der Waals surface area contributed by atoms with E-state index < -0.39 is 5.97 Å². The Morgan fingerprint density at radius 2 is 2.05 bits per heavy atom. The summed E-state index contributed by atoms with van der Waals surface area (Å²) in [7, 11) is 0. The minimum atomic E-state index is -0.930. The van der Waals surface area contributed by atoms with Gasteiger partial charge in [-0.2, -0.15) is 0 Å². The van der Waals surface area contributed by atoms with Crippen LogP contribution in [0.15, 0.2) is 48.6 Å². The lowest BCUT2D eigenvalue weighted by molar-refractivity contribution is -0.0131. The first-order valence-corrected chi connectivity index (χ1v) is 14.2. The molecule has 3 aliphatic carbocycles. The Hall–Kier alpha value is -2.50. The van der Waals surface area contributed by atoms with Crippen LogP contribution in [0.1, 0.15) is 66.4 Å². The van der Waals surface area contributed by atoms with Crippen molar-refractivity contribution < 1.29 is 19.7 Å². The molecule has 2 aromatic rings. The molecule has 5 nitrogen and oxygen atoms in total. The van der Waals surface area contributed by atoms with Gasteiger partial charge in [-0.1, -0.05) is 29.8 Å². The molecule has 0 amide bonds. The Bertz CT molecular complexity index is 1210. The van der Waals surface area contributed by atoms with Crippen molar-refractivity contribution in [2.24, 2.45) is 17.8 Å². The summed E-state index contributed by atoms with van der Waals surface area (Å²) >= 11 is 6.36. The molecule has 0 bridgehead atoms. The molecule has 2 aromatic carbocycles. The first-order valence-electron chi connectivity index (χ1n) is 13.8. The second kappa shape index (κ2) is 9.99. The number of anilines is 1. The number of ether oxygens (including phenoxy) is 1. The van der Waals surface area contributed by atoms with Crippen molar-refractivity contribution in [3.63, 3.8) is 0 Å². The van der Waals surface area contributed by atoms with E-state index in [-0.39, 0.29) is 28.9 Å². The number of aliphatic hydroxyl groups excluding tert-OH is 1. The van der Waals surface area contributed by atoms with E-state index in [4.69, 9.17) is 16.3 Å². The molecule has 1 unspecified atom stereocenters. The van der Waals surface area contributed by atoms with Crippen LogP contribution < -0.4 is 9.64 Å². The number of aliphatic hydroxyl groups is 1. The van der Waals surface area contributed by atoms with E-state index in [1.807, 2.05) is 12.1 Å². The molecule has 6 rings (SSSR count). The number of benzene rings is 2. The topological polar surface area (TPSA) is 70.0 Å². The smallest absolute Gasteiger partial charge is 0.335 e. The monoisotopic (exact) mass is 521 g/mol. The number of rotatable bonds is 5. The summed E-state index contributed by atoms with van der Waals surface area (Å²) in [4.78, 5) is 14.2. The normalized spacial score (nSPS) is 29.5. The van der Waals surface area contributed by atoms with Crippen LogP contribution in [0.3, 0.4) is 0 Å². The fourth-order valence-electron chi connectivity index (χ4n) is 7.24. The van der Waals surface area contributed by atoms with Crippen LogP contribution in [0.5, 0.6) is 5.75 Å². The van der Waals surface area contributed by atoms with Gasteiger partial charge in [-0.25, -0.2) is 4.79 Å². The highest BCUT2D eigenvalue weighted by molar-refractivity contribution is 6.30. The van der Waals surface area contributed by atoms with E-state index in [1.54, 1.807) is 12.1 Å². The number of halogens is 1. The number of allylic oxidation sites excluding steroid dienone is 1. The Labute approximate surface area is 224 Å². The fraction of sp³-hybridized carbons (Fsp3) is 0.516. The van der Waals surface area contributed by atoms with Gasteiger partial charge in [0.25, 0.3) is 0 Å². The number of hydrogen-bond donors (Lipinski definition) is 2. The molecule has 0 aromatic heterocycles. The van der Waals surface area contributed by atoms with E-state index in [9.17, 15) is 15.0 Å². The first kappa shape index (κ1) is 24.8. The largest absolute Gasteiger partial charge is 0.490 e. The molecule has 0 radical (unpaired) electrons. The van der Waals surface area contributed by atoms with Crippen molar-refractivity contribution in [2.75, 3.05) is 24.6 Å². The van der Waals surface area contributed by atoms with Gasteiger partial charge in [-0.3, -0.25) is 0 Å². The van der Waals surface area contributed by atoms with Gasteiger partial charge in [-0.15, -0.1) is 0 Å². The van der Waals surface area contributed by atoms with Crippen molar-refractivity contribution >= 4 is 23.3 Å². The number of aromatic carboxylic acids is 1. The summed E-state index contributed by atoms with van der Waals surface area (Å²) in [5, 5.41) is 21.8. The van der Waals surface area contributed by atoms with Gasteiger partial charge >= 0.3 is 5.97 Å². The number of carboxylic acids is 1. The highest BCUT2D eigenvalue weighted by Gasteiger charge is 2.45. The van der Waals surface area contributed by atoms with E-state index >= 15 is 0 Å². The van der Waals surface area contributed by atoms with Gasteiger partial charge in [0.2, 0.25) is 0 Å². The lowest BCUT2D eigenvalue weighted by Gasteiger charge is -2.46. The molecule has 0 saturated heterocycles. The third kappa shape index (κ3) is 4.66. The molecule has 1 heterocycles. The molecule has 4 aliphatic rings. The Morgan fingerprint density at radius 3 is 2.81 bits per heavy atom. The van der Waals surface area contributed by atoms with Crippen molar-refractivity contribution in [1.29, 1.82) is 0 Å². The van der Waals surface area contributed by atoms with E-state index in [0.29, 0.717) is 12.5 Å². The maximum absolute atomic E-state index is 11.9. The molecule has 196 valence electrons. The summed E-state index contributed by atoms with van der Waals surface area (Å²) < 4.78 is 6.47. The zero-order chi connectivity index (χ0) is 25.6. The van der Waals surface area contributed by atoms with Crippen LogP contribution in [-0.4, -0.2) is 42.0 Å². The number of fused-ring (bicyclic) bond motifs is 3. The lowest BCUT2D eigenvalue weighted by Crippen LogP contribution is -2.50. The first-order chi connectivity index (χ1) is 17.9. The number of carboxylic acid groups (broad SMARTS) is 1. The summed E-state index contributed by atoms with van der Waals surface area (Å²) in [5.74, 6) is 0.711. The third-order valence-electron chi connectivity index (χ3n) is 9.38. The second-order valence-electron chi connectivity index (χ2n) is 11.6. The molecule has 1 fully saturated rings. The van der Waals surface area contributed by atoms with Crippen LogP contribution in [0.4, 0.5) is 5.69 Å². The van der Waals surface area contributed by atoms with E-state index in [0.717, 1.165) is 80.9 Å². The van der Waals surface area contributed by atoms with Crippen LogP contribution in [0, 0.1) is 17.8 Å². The third-order valence-corrected chi connectivity index (χ3v) is 9.62. The van der Waals surface area contributed by atoms with Crippen molar-refractivity contribution in [3.8, 4) is 5.75 Å². The van der Waals surface area contributed by atoms with Gasteiger partial charge < -0.3 is 19.8 Å². The predicted octanol–water partition coefficient (Wildman–Crippen LogP) is 6.25. The maximum Gasteiger partial charge on any atom is 0.335 e. The summed E-state index contributed by atoms with van der Waals surface area (Å²) in [5.41, 5.74) is 3.54. The Kier molecular flexibility index (Phi) is 6.70. The fourth-order valence-corrected chi connectivity index (χ4v) is 7.44. The van der Waals surface area contributed by atoms with E-state index in [1.165, 1.54) is 11.1 Å². The van der Waals surface area contributed by atoms with Gasteiger partial charge in [0.05, 0.1) is 24.0 Å². The number of hydrogen-bond acceptors (Lipinski definition) is 4. The average molecular weight is 522 g/mol. The minimum absolute atomic E-state index is 0.190. The number of aryl methyl sites for hydroxylation is 1. The van der Waals surface area contributed by atoms with Crippen molar-refractivity contribution in [2.45, 2.75) is 62.9 Å². The Balaban J connectivity index is 1.34.